The number of nitrogens with one attached hydrogen (secondary N) is 1. The molecule has 154 valence electrons. The number of benzene rings is 2. The average molecular weight is 549 g/mol. The van der Waals surface area contributed by atoms with E-state index in [0.29, 0.717) is 6.54 Å². The SMILES string of the molecule is Brc1ccc(-c2ccc(CNCCCSc3nnnn3-c3ccccc3)o2)c(Br)c1. The lowest BCUT2D eigenvalue weighted by Gasteiger charge is -2.05. The molecule has 1 N–H and O–H groups in total. The van der Waals surface area contributed by atoms with E-state index in [0.717, 1.165) is 55.6 Å². The minimum atomic E-state index is 0.695. The Morgan fingerprint density at radius 2 is 1.90 bits per heavy atom. The van der Waals surface area contributed by atoms with Crippen molar-refractivity contribution in [3.8, 4) is 17.0 Å². The number of hydrogen-bond acceptors (Lipinski definition) is 6. The molecule has 30 heavy (non-hydrogen) atoms. The Balaban J connectivity index is 1.22. The number of hydrogen-bond donors (Lipinski definition) is 1. The minimum Gasteiger partial charge on any atom is -0.460 e. The highest BCUT2D eigenvalue weighted by molar-refractivity contribution is 9.11. The van der Waals surface area contributed by atoms with Crippen molar-refractivity contribution in [3.63, 3.8) is 0 Å². The Labute approximate surface area is 195 Å². The molecular formula is C21H19Br2N5OS. The van der Waals surface area contributed by atoms with E-state index >= 15 is 0 Å². The molecule has 0 radical (unpaired) electrons. The largest absolute Gasteiger partial charge is 0.460 e. The van der Waals surface area contributed by atoms with Gasteiger partial charge >= 0.3 is 0 Å². The molecule has 9 heteroatoms. The van der Waals surface area contributed by atoms with Crippen molar-refractivity contribution >= 4 is 43.6 Å². The first-order valence-corrected chi connectivity index (χ1v) is 12.0. The number of halogens is 2. The zero-order chi connectivity index (χ0) is 20.8. The highest BCUT2D eigenvalue weighted by Gasteiger charge is 2.10. The summed E-state index contributed by atoms with van der Waals surface area (Å²) in [5.74, 6) is 2.70. The number of nitrogens with zero attached hydrogens (tertiary/aromatic N) is 4. The molecule has 0 bridgehead atoms. The summed E-state index contributed by atoms with van der Waals surface area (Å²) in [6.45, 7) is 1.58. The molecule has 0 aliphatic rings. The molecule has 0 unspecified atom stereocenters. The van der Waals surface area contributed by atoms with Crippen LogP contribution in [0.15, 0.2) is 79.2 Å². The van der Waals surface area contributed by atoms with Crippen molar-refractivity contribution in [1.29, 1.82) is 0 Å². The highest BCUT2D eigenvalue weighted by Crippen LogP contribution is 2.32. The Bertz CT molecular complexity index is 1100. The molecule has 0 saturated carbocycles. The number of furan rings is 1. The van der Waals surface area contributed by atoms with E-state index in [1.807, 2.05) is 60.7 Å². The first kappa shape index (κ1) is 21.3. The molecule has 0 aliphatic heterocycles. The van der Waals surface area contributed by atoms with Crippen LogP contribution in [0.4, 0.5) is 0 Å². The van der Waals surface area contributed by atoms with Gasteiger partial charge in [0.15, 0.2) is 0 Å². The Hall–Kier alpha value is -1.94. The smallest absolute Gasteiger partial charge is 0.214 e. The maximum Gasteiger partial charge on any atom is 0.214 e. The van der Waals surface area contributed by atoms with Crippen LogP contribution in [0.3, 0.4) is 0 Å². The molecular weight excluding hydrogens is 530 g/mol. The first-order valence-electron chi connectivity index (χ1n) is 9.42. The number of para-hydroxylation sites is 1. The molecule has 2 heterocycles. The van der Waals surface area contributed by atoms with Gasteiger partial charge in [-0.2, -0.15) is 4.68 Å². The van der Waals surface area contributed by atoms with Gasteiger partial charge in [-0.25, -0.2) is 0 Å². The molecule has 0 aliphatic carbocycles. The average Bonchev–Trinajstić information content (AvgIpc) is 3.41. The Morgan fingerprint density at radius 1 is 1.03 bits per heavy atom. The minimum absolute atomic E-state index is 0.695. The molecule has 0 saturated heterocycles. The van der Waals surface area contributed by atoms with E-state index in [1.165, 1.54) is 0 Å². The zero-order valence-electron chi connectivity index (χ0n) is 16.0. The summed E-state index contributed by atoms with van der Waals surface area (Å²) in [4.78, 5) is 0. The maximum atomic E-state index is 5.98. The summed E-state index contributed by atoms with van der Waals surface area (Å²) in [5.41, 5.74) is 2.01. The van der Waals surface area contributed by atoms with Gasteiger partial charge in [0.25, 0.3) is 0 Å². The Kier molecular flexibility index (Phi) is 7.37. The number of thioether (sulfide) groups is 1. The molecule has 0 spiro atoms. The quantitative estimate of drug-likeness (QED) is 0.213. The van der Waals surface area contributed by atoms with Crippen molar-refractivity contribution in [3.05, 3.63) is 75.4 Å². The lowest BCUT2D eigenvalue weighted by Crippen LogP contribution is -2.14. The standard InChI is InChI=1S/C21H19Br2N5OS/c22-15-7-9-18(19(23)13-15)20-10-8-17(29-20)14-24-11-4-12-30-21-25-26-27-28(21)16-5-2-1-3-6-16/h1-3,5-10,13,24H,4,11-12,14H2. The lowest BCUT2D eigenvalue weighted by atomic mass is 10.2. The third-order valence-electron chi connectivity index (χ3n) is 4.33. The van der Waals surface area contributed by atoms with Crippen LogP contribution in [-0.2, 0) is 6.54 Å². The summed E-state index contributed by atoms with van der Waals surface area (Å²) in [5, 5.41) is 16.2. The topological polar surface area (TPSA) is 68.8 Å². The molecule has 2 aromatic carbocycles. The van der Waals surface area contributed by atoms with Gasteiger partial charge in [-0.3, -0.25) is 0 Å². The summed E-state index contributed by atoms with van der Waals surface area (Å²) in [6.07, 6.45) is 0.998. The van der Waals surface area contributed by atoms with Crippen LogP contribution in [0.2, 0.25) is 0 Å². The van der Waals surface area contributed by atoms with Crippen molar-refractivity contribution in [2.24, 2.45) is 0 Å². The van der Waals surface area contributed by atoms with Crippen LogP contribution < -0.4 is 5.32 Å². The van der Waals surface area contributed by atoms with Crippen molar-refractivity contribution < 1.29 is 4.42 Å². The summed E-state index contributed by atoms with van der Waals surface area (Å²) >= 11 is 8.71. The van der Waals surface area contributed by atoms with Gasteiger partial charge in [-0.1, -0.05) is 45.9 Å². The van der Waals surface area contributed by atoms with Gasteiger partial charge in [-0.05, 0) is 81.8 Å². The molecule has 2 aromatic heterocycles. The number of rotatable bonds is 9. The third-order valence-corrected chi connectivity index (χ3v) is 6.48. The lowest BCUT2D eigenvalue weighted by molar-refractivity contribution is 0.494. The molecule has 6 nitrogen and oxygen atoms in total. The van der Waals surface area contributed by atoms with Crippen LogP contribution in [-0.4, -0.2) is 32.5 Å². The molecule has 4 rings (SSSR count). The van der Waals surface area contributed by atoms with E-state index < -0.39 is 0 Å². The highest BCUT2D eigenvalue weighted by atomic mass is 79.9. The van der Waals surface area contributed by atoms with Crippen molar-refractivity contribution in [1.82, 2.24) is 25.5 Å². The van der Waals surface area contributed by atoms with Crippen LogP contribution in [0, 0.1) is 0 Å². The maximum absolute atomic E-state index is 5.98. The molecule has 0 atom stereocenters. The Morgan fingerprint density at radius 3 is 2.73 bits per heavy atom. The van der Waals surface area contributed by atoms with Gasteiger partial charge < -0.3 is 9.73 Å². The molecule has 0 amide bonds. The second kappa shape index (κ2) is 10.4. The second-order valence-electron chi connectivity index (χ2n) is 6.48. The van der Waals surface area contributed by atoms with Gasteiger partial charge in [0.2, 0.25) is 5.16 Å². The molecule has 0 fully saturated rings. The predicted octanol–water partition coefficient (Wildman–Crippen LogP) is 5.72. The first-order chi connectivity index (χ1) is 14.7. The van der Waals surface area contributed by atoms with Gasteiger partial charge in [0, 0.05) is 20.3 Å². The normalized spacial score (nSPS) is 11.1. The van der Waals surface area contributed by atoms with Crippen LogP contribution in [0.25, 0.3) is 17.0 Å². The van der Waals surface area contributed by atoms with Gasteiger partial charge in [-0.15, -0.1) is 5.10 Å². The number of tetrazole rings is 1. The van der Waals surface area contributed by atoms with Crippen molar-refractivity contribution in [2.75, 3.05) is 12.3 Å². The molecule has 4 aromatic rings. The summed E-state index contributed by atoms with van der Waals surface area (Å²) < 4.78 is 9.77. The third kappa shape index (κ3) is 5.40. The zero-order valence-corrected chi connectivity index (χ0v) is 20.0. The van der Waals surface area contributed by atoms with E-state index in [9.17, 15) is 0 Å². The number of aromatic nitrogens is 4. The fourth-order valence-electron chi connectivity index (χ4n) is 2.88. The fraction of sp³-hybridized carbons (Fsp3) is 0.190. The van der Waals surface area contributed by atoms with E-state index in [4.69, 9.17) is 4.42 Å². The predicted molar refractivity (Wildman–Crippen MR) is 126 cm³/mol. The van der Waals surface area contributed by atoms with Crippen LogP contribution in [0.1, 0.15) is 12.2 Å². The monoisotopic (exact) mass is 547 g/mol. The van der Waals surface area contributed by atoms with E-state index in [-0.39, 0.29) is 0 Å². The van der Waals surface area contributed by atoms with E-state index in [2.05, 4.69) is 52.7 Å². The van der Waals surface area contributed by atoms with Gasteiger partial charge in [0.05, 0.1) is 12.2 Å². The van der Waals surface area contributed by atoms with Crippen LogP contribution in [0.5, 0.6) is 0 Å². The summed E-state index contributed by atoms with van der Waals surface area (Å²) in [7, 11) is 0. The van der Waals surface area contributed by atoms with E-state index in [1.54, 1.807) is 16.4 Å². The summed E-state index contributed by atoms with van der Waals surface area (Å²) in [6, 6.07) is 20.0. The second-order valence-corrected chi connectivity index (χ2v) is 9.31. The van der Waals surface area contributed by atoms with Gasteiger partial charge in [0.1, 0.15) is 11.5 Å². The van der Waals surface area contributed by atoms with Crippen LogP contribution >= 0.6 is 43.6 Å². The fourth-order valence-corrected chi connectivity index (χ4v) is 4.95. The van der Waals surface area contributed by atoms with Crippen molar-refractivity contribution in [2.45, 2.75) is 18.1 Å².